The molecule has 112 valence electrons. The Bertz CT molecular complexity index is 369. The number of hydrogen-bond acceptors (Lipinski definition) is 3. The van der Waals surface area contributed by atoms with Crippen molar-refractivity contribution < 1.29 is 4.79 Å². The first-order valence-corrected chi connectivity index (χ1v) is 8.26. The molecule has 20 heavy (non-hydrogen) atoms. The summed E-state index contributed by atoms with van der Waals surface area (Å²) in [5, 5.41) is 3.16. The van der Waals surface area contributed by atoms with Gasteiger partial charge in [-0.25, -0.2) is 0 Å². The first kappa shape index (κ1) is 18.9. The molecule has 0 amide bonds. The minimum absolute atomic E-state index is 0.190. The molecule has 0 radical (unpaired) electrons. The van der Waals surface area contributed by atoms with Crippen molar-refractivity contribution in [3.05, 3.63) is 43.0 Å². The van der Waals surface area contributed by atoms with Crippen LogP contribution >= 0.6 is 11.8 Å². The zero-order valence-corrected chi connectivity index (χ0v) is 13.8. The topological polar surface area (TPSA) is 29.1 Å². The number of hydrogen-bond donors (Lipinski definition) is 1. The SMILES string of the molecule is C=C.CCC(=O)[C@@H]1CCCN1.CSc1ccc(C)cc1. The van der Waals surface area contributed by atoms with Gasteiger partial charge in [0.15, 0.2) is 0 Å². The lowest BCUT2D eigenvalue weighted by Crippen LogP contribution is -2.29. The number of nitrogens with one attached hydrogen (secondary N) is 1. The van der Waals surface area contributed by atoms with Gasteiger partial charge in [0.05, 0.1) is 6.04 Å². The standard InChI is InChI=1S/C8H10S.C7H13NO.C2H4/c1-7-3-5-8(9-2)6-4-7;1-2-7(9)6-4-3-5-8-6;1-2/h3-6H,1-2H3;6,8H,2-5H2,1H3;1-2H2/t;6-;/m.0./s1. The molecule has 1 saturated heterocycles. The molecular weight excluding hydrogens is 266 g/mol. The lowest BCUT2D eigenvalue weighted by atomic mass is 10.1. The van der Waals surface area contributed by atoms with Crippen molar-refractivity contribution in [2.24, 2.45) is 0 Å². The Morgan fingerprint density at radius 1 is 1.35 bits per heavy atom. The minimum atomic E-state index is 0.190. The molecule has 0 spiro atoms. The molecule has 1 heterocycles. The Labute approximate surface area is 128 Å². The van der Waals surface area contributed by atoms with Crippen LogP contribution in [-0.2, 0) is 4.79 Å². The van der Waals surface area contributed by atoms with Gasteiger partial charge >= 0.3 is 0 Å². The van der Waals surface area contributed by atoms with Crippen molar-refractivity contribution >= 4 is 17.5 Å². The molecule has 2 rings (SSSR count). The molecule has 3 heteroatoms. The second kappa shape index (κ2) is 11.7. The van der Waals surface area contributed by atoms with Crippen molar-refractivity contribution in [3.8, 4) is 0 Å². The van der Waals surface area contributed by atoms with Crippen LogP contribution in [0.3, 0.4) is 0 Å². The van der Waals surface area contributed by atoms with Gasteiger partial charge in [0.1, 0.15) is 5.78 Å². The molecule has 1 fully saturated rings. The third-order valence-electron chi connectivity index (χ3n) is 3.05. The predicted molar refractivity (Wildman–Crippen MR) is 90.5 cm³/mol. The fourth-order valence-electron chi connectivity index (χ4n) is 1.88. The second-order valence-corrected chi connectivity index (χ2v) is 5.37. The van der Waals surface area contributed by atoms with E-state index in [0.29, 0.717) is 12.2 Å². The summed E-state index contributed by atoms with van der Waals surface area (Å²) in [5.41, 5.74) is 1.33. The number of ketones is 1. The van der Waals surface area contributed by atoms with E-state index < -0.39 is 0 Å². The average Bonchev–Trinajstić information content (AvgIpc) is 3.04. The van der Waals surface area contributed by atoms with E-state index in [2.05, 4.69) is 55.9 Å². The first-order chi connectivity index (χ1) is 9.67. The summed E-state index contributed by atoms with van der Waals surface area (Å²) in [6.45, 7) is 11.0. The van der Waals surface area contributed by atoms with Gasteiger partial charge in [-0.3, -0.25) is 4.79 Å². The zero-order chi connectivity index (χ0) is 15.4. The van der Waals surface area contributed by atoms with Gasteiger partial charge < -0.3 is 5.32 Å². The smallest absolute Gasteiger partial charge is 0.149 e. The van der Waals surface area contributed by atoms with Crippen LogP contribution < -0.4 is 5.32 Å². The number of thioether (sulfide) groups is 1. The van der Waals surface area contributed by atoms with Crippen LogP contribution in [0.1, 0.15) is 31.7 Å². The molecule has 1 aromatic rings. The van der Waals surface area contributed by atoms with Crippen LogP contribution in [0.15, 0.2) is 42.3 Å². The quantitative estimate of drug-likeness (QED) is 0.667. The van der Waals surface area contributed by atoms with E-state index in [1.807, 2.05) is 6.92 Å². The number of carbonyl (C=O) groups is 1. The molecular formula is C17H27NOS. The Kier molecular flexibility index (Phi) is 11.1. The number of benzene rings is 1. The maximum Gasteiger partial charge on any atom is 0.149 e. The van der Waals surface area contributed by atoms with E-state index in [1.54, 1.807) is 11.8 Å². The lowest BCUT2D eigenvalue weighted by Gasteiger charge is -2.04. The zero-order valence-electron chi connectivity index (χ0n) is 12.9. The normalized spacial score (nSPS) is 16.4. The second-order valence-electron chi connectivity index (χ2n) is 4.49. The summed E-state index contributed by atoms with van der Waals surface area (Å²) >= 11 is 1.78. The molecule has 0 aromatic heterocycles. The van der Waals surface area contributed by atoms with Gasteiger partial charge in [0.2, 0.25) is 0 Å². The summed E-state index contributed by atoms with van der Waals surface area (Å²) in [7, 11) is 0. The van der Waals surface area contributed by atoms with Gasteiger partial charge in [-0.15, -0.1) is 24.9 Å². The molecule has 1 aliphatic rings. The van der Waals surface area contributed by atoms with Crippen LogP contribution in [0.4, 0.5) is 0 Å². The number of rotatable bonds is 3. The fourth-order valence-corrected chi connectivity index (χ4v) is 2.29. The Morgan fingerprint density at radius 2 is 1.95 bits per heavy atom. The van der Waals surface area contributed by atoms with Crippen LogP contribution in [0.2, 0.25) is 0 Å². The molecule has 0 aliphatic carbocycles. The molecule has 1 aromatic carbocycles. The number of carbonyl (C=O) groups excluding carboxylic acids is 1. The number of aryl methyl sites for hydroxylation is 1. The summed E-state index contributed by atoms with van der Waals surface area (Å²) in [6.07, 6.45) is 4.98. The maximum atomic E-state index is 11.0. The fraction of sp³-hybridized carbons (Fsp3) is 0.471. The monoisotopic (exact) mass is 293 g/mol. The van der Waals surface area contributed by atoms with Crippen LogP contribution in [-0.4, -0.2) is 24.6 Å². The van der Waals surface area contributed by atoms with Crippen molar-refractivity contribution in [2.45, 2.75) is 44.0 Å². The average molecular weight is 293 g/mol. The Hall–Kier alpha value is -1.06. The maximum absolute atomic E-state index is 11.0. The van der Waals surface area contributed by atoms with E-state index in [0.717, 1.165) is 19.4 Å². The molecule has 0 bridgehead atoms. The van der Waals surface area contributed by atoms with Crippen LogP contribution in [0, 0.1) is 6.92 Å². The van der Waals surface area contributed by atoms with Gasteiger partial charge in [0.25, 0.3) is 0 Å². The summed E-state index contributed by atoms with van der Waals surface area (Å²) in [5.74, 6) is 0.368. The van der Waals surface area contributed by atoms with Crippen LogP contribution in [0.5, 0.6) is 0 Å². The van der Waals surface area contributed by atoms with Gasteiger partial charge in [0, 0.05) is 11.3 Å². The number of Topliss-reactive ketones (excluding diaryl/α,β-unsaturated/α-hetero) is 1. The molecule has 2 nitrogen and oxygen atoms in total. The van der Waals surface area contributed by atoms with Crippen molar-refractivity contribution in [1.82, 2.24) is 5.32 Å². The van der Waals surface area contributed by atoms with E-state index >= 15 is 0 Å². The minimum Gasteiger partial charge on any atom is -0.307 e. The molecule has 1 aliphatic heterocycles. The summed E-state index contributed by atoms with van der Waals surface area (Å²) < 4.78 is 0. The Balaban J connectivity index is 0.000000321. The predicted octanol–water partition coefficient (Wildman–Crippen LogP) is 4.24. The molecule has 0 saturated carbocycles. The van der Waals surface area contributed by atoms with E-state index in [1.165, 1.54) is 10.5 Å². The van der Waals surface area contributed by atoms with Gasteiger partial charge in [-0.2, -0.15) is 0 Å². The first-order valence-electron chi connectivity index (χ1n) is 7.04. The third kappa shape index (κ3) is 7.51. The summed E-state index contributed by atoms with van der Waals surface area (Å²) in [6, 6.07) is 8.73. The Morgan fingerprint density at radius 3 is 2.35 bits per heavy atom. The van der Waals surface area contributed by atoms with E-state index in [9.17, 15) is 4.79 Å². The van der Waals surface area contributed by atoms with Crippen molar-refractivity contribution in [3.63, 3.8) is 0 Å². The highest BCUT2D eigenvalue weighted by Gasteiger charge is 2.19. The van der Waals surface area contributed by atoms with Gasteiger partial charge in [-0.05, 0) is 44.7 Å². The molecule has 0 unspecified atom stereocenters. The highest BCUT2D eigenvalue weighted by Crippen LogP contribution is 2.13. The van der Waals surface area contributed by atoms with Gasteiger partial charge in [-0.1, -0.05) is 24.6 Å². The highest BCUT2D eigenvalue weighted by atomic mass is 32.2. The van der Waals surface area contributed by atoms with Crippen LogP contribution in [0.25, 0.3) is 0 Å². The largest absolute Gasteiger partial charge is 0.307 e. The van der Waals surface area contributed by atoms with Crippen molar-refractivity contribution in [1.29, 1.82) is 0 Å². The van der Waals surface area contributed by atoms with E-state index in [-0.39, 0.29) is 6.04 Å². The van der Waals surface area contributed by atoms with E-state index in [4.69, 9.17) is 0 Å². The van der Waals surface area contributed by atoms with Crippen molar-refractivity contribution in [2.75, 3.05) is 12.8 Å². The molecule has 1 N–H and O–H groups in total. The summed E-state index contributed by atoms with van der Waals surface area (Å²) in [4.78, 5) is 12.3. The highest BCUT2D eigenvalue weighted by molar-refractivity contribution is 7.98. The molecule has 1 atom stereocenters. The third-order valence-corrected chi connectivity index (χ3v) is 3.80. The lowest BCUT2D eigenvalue weighted by molar-refractivity contribution is -0.120.